The highest BCUT2D eigenvalue weighted by molar-refractivity contribution is 5.73. The summed E-state index contributed by atoms with van der Waals surface area (Å²) in [5, 5.41) is 2.63. The number of nitrogens with one attached hydrogen (secondary N) is 1. The Labute approximate surface area is 140 Å². The van der Waals surface area contributed by atoms with E-state index in [-0.39, 0.29) is 5.91 Å². The Kier molecular flexibility index (Phi) is 7.18. The maximum Gasteiger partial charge on any atom is 0.305 e. The SMILES string of the molecule is C=C(C)O[C@@H]1[C@@H](NC(C)=O)[C@H](OC)O[C@H](OC(C)=O)[C@@H]1OC(C)=O. The highest BCUT2D eigenvalue weighted by Gasteiger charge is 2.51. The van der Waals surface area contributed by atoms with E-state index in [2.05, 4.69) is 11.9 Å². The Morgan fingerprint density at radius 2 is 1.50 bits per heavy atom. The van der Waals surface area contributed by atoms with Crippen LogP contribution in [0.25, 0.3) is 0 Å². The average molecular weight is 345 g/mol. The average Bonchev–Trinajstić information content (AvgIpc) is 2.42. The molecule has 9 heteroatoms. The van der Waals surface area contributed by atoms with Crippen molar-refractivity contribution in [3.8, 4) is 0 Å². The summed E-state index contributed by atoms with van der Waals surface area (Å²) in [4.78, 5) is 34.3. The molecule has 5 atom stereocenters. The molecule has 0 unspecified atom stereocenters. The lowest BCUT2D eigenvalue weighted by Gasteiger charge is -2.44. The molecule has 1 heterocycles. The predicted octanol–water partition coefficient (Wildman–Crippen LogP) is 0.234. The summed E-state index contributed by atoms with van der Waals surface area (Å²) in [5.74, 6) is -1.33. The molecule has 1 rings (SSSR count). The minimum atomic E-state index is -1.26. The number of rotatable bonds is 6. The number of amides is 1. The molecule has 0 saturated carbocycles. The maximum atomic E-state index is 11.5. The van der Waals surface area contributed by atoms with Crippen molar-refractivity contribution >= 4 is 17.8 Å². The van der Waals surface area contributed by atoms with Crippen LogP contribution in [0.15, 0.2) is 12.3 Å². The summed E-state index contributed by atoms with van der Waals surface area (Å²) in [6, 6.07) is -0.819. The van der Waals surface area contributed by atoms with Crippen LogP contribution in [-0.4, -0.2) is 55.8 Å². The Morgan fingerprint density at radius 1 is 0.917 bits per heavy atom. The van der Waals surface area contributed by atoms with Crippen LogP contribution in [0.5, 0.6) is 0 Å². The van der Waals surface area contributed by atoms with Crippen molar-refractivity contribution in [1.29, 1.82) is 0 Å². The van der Waals surface area contributed by atoms with Crippen molar-refractivity contribution in [3.05, 3.63) is 12.3 Å². The van der Waals surface area contributed by atoms with Gasteiger partial charge in [-0.1, -0.05) is 6.58 Å². The monoisotopic (exact) mass is 345 g/mol. The smallest absolute Gasteiger partial charge is 0.305 e. The van der Waals surface area contributed by atoms with E-state index in [1.54, 1.807) is 6.92 Å². The summed E-state index contributed by atoms with van der Waals surface area (Å²) in [6.45, 7) is 8.93. The number of hydrogen-bond donors (Lipinski definition) is 1. The molecular formula is C15H23NO8. The summed E-state index contributed by atoms with van der Waals surface area (Å²) in [7, 11) is 1.36. The van der Waals surface area contributed by atoms with Crippen molar-refractivity contribution in [1.82, 2.24) is 5.32 Å². The van der Waals surface area contributed by atoms with Crippen LogP contribution in [0.3, 0.4) is 0 Å². The summed E-state index contributed by atoms with van der Waals surface area (Å²) in [5.41, 5.74) is 0. The molecule has 0 aromatic heterocycles. The van der Waals surface area contributed by atoms with E-state index in [0.29, 0.717) is 5.76 Å². The van der Waals surface area contributed by atoms with E-state index in [9.17, 15) is 14.4 Å². The lowest BCUT2D eigenvalue weighted by molar-refractivity contribution is -0.317. The van der Waals surface area contributed by atoms with E-state index < -0.39 is 42.8 Å². The molecule has 0 aromatic rings. The molecular weight excluding hydrogens is 322 g/mol. The Hall–Kier alpha value is -2.13. The molecule has 136 valence electrons. The van der Waals surface area contributed by atoms with Gasteiger partial charge in [-0.15, -0.1) is 0 Å². The van der Waals surface area contributed by atoms with Crippen LogP contribution in [0.1, 0.15) is 27.7 Å². The summed E-state index contributed by atoms with van der Waals surface area (Å²) < 4.78 is 26.6. The van der Waals surface area contributed by atoms with Crippen molar-refractivity contribution in [2.45, 2.75) is 58.5 Å². The van der Waals surface area contributed by atoms with Gasteiger partial charge in [-0.05, 0) is 6.92 Å². The molecule has 1 amide bonds. The topological polar surface area (TPSA) is 109 Å². The van der Waals surface area contributed by atoms with Gasteiger partial charge in [0.25, 0.3) is 0 Å². The van der Waals surface area contributed by atoms with Gasteiger partial charge in [-0.25, -0.2) is 0 Å². The second-order valence-corrected chi connectivity index (χ2v) is 5.30. The Morgan fingerprint density at radius 3 is 1.92 bits per heavy atom. The standard InChI is InChI=1S/C15H23NO8/c1-7(2)21-12-11(16-8(3)17)14(20-6)24-15(23-10(5)19)13(12)22-9(4)18/h11-15H,1H2,2-6H3,(H,16,17)/t11-,12-,13-,14-,15+/m1/s1. The van der Waals surface area contributed by atoms with Gasteiger partial charge in [0.05, 0.1) is 5.76 Å². The second-order valence-electron chi connectivity index (χ2n) is 5.30. The highest BCUT2D eigenvalue weighted by atomic mass is 16.8. The largest absolute Gasteiger partial charge is 0.489 e. The van der Waals surface area contributed by atoms with Gasteiger partial charge in [-0.2, -0.15) is 0 Å². The quantitative estimate of drug-likeness (QED) is 0.538. The molecule has 0 radical (unpaired) electrons. The van der Waals surface area contributed by atoms with Gasteiger partial charge in [0.1, 0.15) is 6.04 Å². The molecule has 0 bridgehead atoms. The third-order valence-corrected chi connectivity index (χ3v) is 3.03. The first kappa shape index (κ1) is 19.9. The van der Waals surface area contributed by atoms with E-state index in [1.807, 2.05) is 0 Å². The maximum absolute atomic E-state index is 11.5. The van der Waals surface area contributed by atoms with E-state index in [4.69, 9.17) is 23.7 Å². The van der Waals surface area contributed by atoms with E-state index in [1.165, 1.54) is 27.9 Å². The molecule has 0 spiro atoms. The highest BCUT2D eigenvalue weighted by Crippen LogP contribution is 2.28. The first-order valence-corrected chi connectivity index (χ1v) is 7.27. The summed E-state index contributed by atoms with van der Waals surface area (Å²) >= 11 is 0. The number of ether oxygens (including phenoxy) is 5. The molecule has 1 fully saturated rings. The van der Waals surface area contributed by atoms with Crippen LogP contribution in [0.2, 0.25) is 0 Å². The van der Waals surface area contributed by atoms with Crippen LogP contribution >= 0.6 is 0 Å². The second kappa shape index (κ2) is 8.65. The lowest BCUT2D eigenvalue weighted by Crippen LogP contribution is -2.65. The molecule has 24 heavy (non-hydrogen) atoms. The minimum Gasteiger partial charge on any atom is -0.489 e. The molecule has 9 nitrogen and oxygen atoms in total. The fourth-order valence-corrected chi connectivity index (χ4v) is 2.34. The van der Waals surface area contributed by atoms with Crippen molar-refractivity contribution in [2.24, 2.45) is 0 Å². The fourth-order valence-electron chi connectivity index (χ4n) is 2.34. The van der Waals surface area contributed by atoms with Gasteiger partial charge >= 0.3 is 11.9 Å². The zero-order valence-electron chi connectivity index (χ0n) is 14.4. The van der Waals surface area contributed by atoms with E-state index >= 15 is 0 Å². The zero-order chi connectivity index (χ0) is 18.4. The molecule has 1 aliphatic heterocycles. The van der Waals surface area contributed by atoms with Gasteiger partial charge in [-0.3, -0.25) is 14.4 Å². The first-order chi connectivity index (χ1) is 11.1. The summed E-state index contributed by atoms with van der Waals surface area (Å²) in [6.07, 6.45) is -4.30. The Balaban J connectivity index is 3.23. The van der Waals surface area contributed by atoms with Crippen molar-refractivity contribution < 1.29 is 38.1 Å². The lowest BCUT2D eigenvalue weighted by atomic mass is 10.00. The normalized spacial score (nSPS) is 29.3. The first-order valence-electron chi connectivity index (χ1n) is 7.27. The van der Waals surface area contributed by atoms with Crippen molar-refractivity contribution in [3.63, 3.8) is 0 Å². The molecule has 1 aliphatic rings. The number of carbonyl (C=O) groups excluding carboxylic acids is 3. The van der Waals surface area contributed by atoms with Gasteiger partial charge < -0.3 is 29.0 Å². The zero-order valence-corrected chi connectivity index (χ0v) is 14.4. The number of methoxy groups -OCH3 is 1. The fraction of sp³-hybridized carbons (Fsp3) is 0.667. The van der Waals surface area contributed by atoms with Crippen molar-refractivity contribution in [2.75, 3.05) is 7.11 Å². The number of esters is 2. The van der Waals surface area contributed by atoms with Gasteiger partial charge in [0.15, 0.2) is 12.4 Å². The van der Waals surface area contributed by atoms with Gasteiger partial charge in [0, 0.05) is 27.9 Å². The van der Waals surface area contributed by atoms with Gasteiger partial charge in [0.2, 0.25) is 18.3 Å². The third kappa shape index (κ3) is 5.50. The van der Waals surface area contributed by atoms with E-state index in [0.717, 1.165) is 0 Å². The molecule has 0 aromatic carbocycles. The third-order valence-electron chi connectivity index (χ3n) is 3.03. The number of carbonyl (C=O) groups is 3. The van der Waals surface area contributed by atoms with Crippen LogP contribution in [0, 0.1) is 0 Å². The molecule has 1 N–H and O–H groups in total. The van der Waals surface area contributed by atoms with Crippen LogP contribution in [-0.2, 0) is 38.1 Å². The van der Waals surface area contributed by atoms with Crippen LogP contribution in [0.4, 0.5) is 0 Å². The number of hydrogen-bond acceptors (Lipinski definition) is 8. The predicted molar refractivity (Wildman–Crippen MR) is 80.3 cm³/mol. The Bertz CT molecular complexity index is 506. The molecule has 1 saturated heterocycles. The molecule has 0 aliphatic carbocycles. The van der Waals surface area contributed by atoms with Crippen LogP contribution < -0.4 is 5.32 Å². The number of allylic oxidation sites excluding steroid dienone is 1. The minimum absolute atomic E-state index is 0.311.